The quantitative estimate of drug-likeness (QED) is 0.600. The minimum atomic E-state index is 0.511. The van der Waals surface area contributed by atoms with Crippen LogP contribution < -0.4 is 5.32 Å². The summed E-state index contributed by atoms with van der Waals surface area (Å²) in [6.07, 6.45) is 4.13. The van der Waals surface area contributed by atoms with Crippen molar-refractivity contribution in [3.8, 4) is 0 Å². The van der Waals surface area contributed by atoms with Crippen LogP contribution in [0.5, 0.6) is 0 Å². The van der Waals surface area contributed by atoms with Crippen LogP contribution in [0.2, 0.25) is 0 Å². The Morgan fingerprint density at radius 2 is 2.09 bits per heavy atom. The van der Waals surface area contributed by atoms with E-state index < -0.39 is 0 Å². The topological polar surface area (TPSA) is 12.0 Å². The van der Waals surface area contributed by atoms with E-state index in [1.165, 1.54) is 25.0 Å². The molecule has 1 unspecified atom stereocenters. The zero-order chi connectivity index (χ0) is 7.90. The first-order chi connectivity index (χ1) is 5.20. The molecule has 0 bridgehead atoms. The number of rotatable bonds is 0. The van der Waals surface area contributed by atoms with Crippen LogP contribution in [-0.4, -0.2) is 16.7 Å². The fraction of sp³-hybridized carbons (Fsp3) is 1.00. The number of thioether (sulfide) groups is 1. The van der Waals surface area contributed by atoms with E-state index in [4.69, 9.17) is 0 Å². The summed E-state index contributed by atoms with van der Waals surface area (Å²) in [7, 11) is 0. The average molecular weight is 171 g/mol. The third kappa shape index (κ3) is 1.43. The first-order valence-electron chi connectivity index (χ1n) is 4.62. The molecule has 1 aliphatic heterocycles. The van der Waals surface area contributed by atoms with Crippen molar-refractivity contribution >= 4 is 11.8 Å². The molecule has 1 atom stereocenters. The Bertz CT molecular complexity index is 146. The lowest BCUT2D eigenvalue weighted by atomic mass is 9.80. The van der Waals surface area contributed by atoms with E-state index in [9.17, 15) is 0 Å². The first-order valence-corrected chi connectivity index (χ1v) is 5.60. The molecule has 1 saturated carbocycles. The van der Waals surface area contributed by atoms with Gasteiger partial charge in [-0.1, -0.05) is 6.92 Å². The molecule has 0 aromatic carbocycles. The summed E-state index contributed by atoms with van der Waals surface area (Å²) in [5.41, 5.74) is 0. The minimum absolute atomic E-state index is 0.511. The smallest absolute Gasteiger partial charge is 0.0652 e. The van der Waals surface area contributed by atoms with Crippen LogP contribution in [0.1, 0.15) is 33.1 Å². The predicted octanol–water partition coefficient (Wildman–Crippen LogP) is 2.23. The molecule has 64 valence electrons. The van der Waals surface area contributed by atoms with Gasteiger partial charge in [0.1, 0.15) is 0 Å². The highest BCUT2D eigenvalue weighted by molar-refractivity contribution is 8.00. The predicted molar refractivity (Wildman–Crippen MR) is 50.8 cm³/mol. The molecule has 0 radical (unpaired) electrons. The molecule has 1 N–H and O–H groups in total. The van der Waals surface area contributed by atoms with Crippen LogP contribution in [0.25, 0.3) is 0 Å². The molecule has 1 saturated heterocycles. The van der Waals surface area contributed by atoms with Gasteiger partial charge >= 0.3 is 0 Å². The van der Waals surface area contributed by atoms with Gasteiger partial charge < -0.3 is 5.32 Å². The highest BCUT2D eigenvalue weighted by atomic mass is 32.2. The molecule has 1 aliphatic carbocycles. The minimum Gasteiger partial charge on any atom is -0.300 e. The maximum Gasteiger partial charge on any atom is 0.0652 e. The van der Waals surface area contributed by atoms with Gasteiger partial charge in [0.05, 0.1) is 4.87 Å². The summed E-state index contributed by atoms with van der Waals surface area (Å²) in [5.74, 6) is 2.32. The van der Waals surface area contributed by atoms with Crippen LogP contribution in [0.15, 0.2) is 0 Å². The Balaban J connectivity index is 1.93. The summed E-state index contributed by atoms with van der Waals surface area (Å²) in [4.78, 5) is 0.511. The van der Waals surface area contributed by atoms with E-state index in [0.717, 1.165) is 12.0 Å². The van der Waals surface area contributed by atoms with Crippen molar-refractivity contribution in [2.24, 2.45) is 5.92 Å². The standard InChI is InChI=1S/C9H17NS/c1-7-5-9(6-7)10-8(2)3-4-11-9/h7-8,10H,3-6H2,1-2H3. The highest BCUT2D eigenvalue weighted by Gasteiger charge is 2.44. The summed E-state index contributed by atoms with van der Waals surface area (Å²) >= 11 is 2.15. The van der Waals surface area contributed by atoms with Crippen LogP contribution in [0, 0.1) is 5.92 Å². The molecule has 0 aromatic heterocycles. The largest absolute Gasteiger partial charge is 0.300 e. The van der Waals surface area contributed by atoms with Crippen molar-refractivity contribution in [1.29, 1.82) is 0 Å². The van der Waals surface area contributed by atoms with Gasteiger partial charge in [-0.3, -0.25) is 0 Å². The van der Waals surface area contributed by atoms with Crippen LogP contribution in [0.4, 0.5) is 0 Å². The van der Waals surface area contributed by atoms with E-state index in [1.54, 1.807) is 0 Å². The third-order valence-corrected chi connectivity index (χ3v) is 4.24. The molecule has 1 heterocycles. The molecule has 0 amide bonds. The molecule has 0 aromatic rings. The summed E-state index contributed by atoms with van der Waals surface area (Å²) in [5, 5.41) is 3.72. The lowest BCUT2D eigenvalue weighted by molar-refractivity contribution is 0.185. The summed E-state index contributed by atoms with van der Waals surface area (Å²) < 4.78 is 0. The number of hydrogen-bond acceptors (Lipinski definition) is 2. The van der Waals surface area contributed by atoms with Gasteiger partial charge in [-0.15, -0.1) is 11.8 Å². The lowest BCUT2D eigenvalue weighted by Gasteiger charge is -2.50. The monoisotopic (exact) mass is 171 g/mol. The van der Waals surface area contributed by atoms with Gasteiger partial charge in [-0.25, -0.2) is 0 Å². The molecule has 2 fully saturated rings. The van der Waals surface area contributed by atoms with Crippen molar-refractivity contribution < 1.29 is 0 Å². The molecule has 1 nitrogen and oxygen atoms in total. The van der Waals surface area contributed by atoms with Crippen LogP contribution >= 0.6 is 11.8 Å². The Labute approximate surface area is 73.3 Å². The first kappa shape index (κ1) is 7.93. The Hall–Kier alpha value is 0.310. The van der Waals surface area contributed by atoms with E-state index in [1.807, 2.05) is 0 Å². The number of nitrogens with one attached hydrogen (secondary N) is 1. The maximum absolute atomic E-state index is 3.72. The summed E-state index contributed by atoms with van der Waals surface area (Å²) in [6.45, 7) is 4.66. The zero-order valence-electron chi connectivity index (χ0n) is 7.39. The second-order valence-electron chi connectivity index (χ2n) is 4.19. The van der Waals surface area contributed by atoms with Gasteiger partial charge in [-0.2, -0.15) is 0 Å². The highest BCUT2D eigenvalue weighted by Crippen LogP contribution is 2.48. The van der Waals surface area contributed by atoms with Gasteiger partial charge in [0.15, 0.2) is 0 Å². The fourth-order valence-corrected chi connectivity index (χ4v) is 4.25. The second-order valence-corrected chi connectivity index (χ2v) is 5.67. The van der Waals surface area contributed by atoms with Gasteiger partial charge in [0.25, 0.3) is 0 Å². The molecule has 2 rings (SSSR count). The molecule has 1 spiro atoms. The SMILES string of the molecule is CC1CC2(C1)NC(C)CCS2. The Kier molecular flexibility index (Phi) is 1.92. The zero-order valence-corrected chi connectivity index (χ0v) is 8.21. The fourth-order valence-electron chi connectivity index (χ4n) is 2.30. The number of hydrogen-bond donors (Lipinski definition) is 1. The van der Waals surface area contributed by atoms with Crippen molar-refractivity contribution in [3.63, 3.8) is 0 Å². The van der Waals surface area contributed by atoms with E-state index >= 15 is 0 Å². The lowest BCUT2D eigenvalue weighted by Crippen LogP contribution is -2.57. The summed E-state index contributed by atoms with van der Waals surface area (Å²) in [6, 6.07) is 0.753. The molecule has 2 heteroatoms. The normalized spacial score (nSPS) is 50.7. The van der Waals surface area contributed by atoms with Crippen LogP contribution in [0.3, 0.4) is 0 Å². The van der Waals surface area contributed by atoms with Crippen molar-refractivity contribution in [1.82, 2.24) is 5.32 Å². The van der Waals surface area contributed by atoms with Gasteiger partial charge in [0.2, 0.25) is 0 Å². The third-order valence-electron chi connectivity index (χ3n) is 2.80. The Morgan fingerprint density at radius 3 is 2.64 bits per heavy atom. The van der Waals surface area contributed by atoms with E-state index in [2.05, 4.69) is 30.9 Å². The molecule has 2 aliphatic rings. The average Bonchev–Trinajstić information content (AvgIpc) is 1.84. The van der Waals surface area contributed by atoms with Crippen molar-refractivity contribution in [3.05, 3.63) is 0 Å². The maximum atomic E-state index is 3.72. The van der Waals surface area contributed by atoms with Crippen LogP contribution in [-0.2, 0) is 0 Å². The van der Waals surface area contributed by atoms with E-state index in [-0.39, 0.29) is 0 Å². The van der Waals surface area contributed by atoms with Crippen molar-refractivity contribution in [2.75, 3.05) is 5.75 Å². The Morgan fingerprint density at radius 1 is 1.36 bits per heavy atom. The van der Waals surface area contributed by atoms with Gasteiger partial charge in [-0.05, 0) is 37.9 Å². The van der Waals surface area contributed by atoms with Gasteiger partial charge in [0, 0.05) is 6.04 Å². The molecular weight excluding hydrogens is 154 g/mol. The van der Waals surface area contributed by atoms with Crippen molar-refractivity contribution in [2.45, 2.75) is 44.0 Å². The molecular formula is C9H17NS. The second kappa shape index (κ2) is 2.67. The molecule has 11 heavy (non-hydrogen) atoms. The van der Waals surface area contributed by atoms with E-state index in [0.29, 0.717) is 4.87 Å².